The number of likely N-dealkylation sites (tertiary alicyclic amines) is 1. The number of aliphatic hydroxyl groups excluding tert-OH is 1. The second-order valence-electron chi connectivity index (χ2n) is 11.0. The monoisotopic (exact) mass is 527 g/mol. The van der Waals surface area contributed by atoms with Crippen LogP contribution in [0.15, 0.2) is 78.4 Å². The van der Waals surface area contributed by atoms with Gasteiger partial charge >= 0.3 is 0 Å². The first-order valence-electron chi connectivity index (χ1n) is 13.3. The van der Waals surface area contributed by atoms with Gasteiger partial charge in [0.1, 0.15) is 18.1 Å². The summed E-state index contributed by atoms with van der Waals surface area (Å²) >= 11 is 0. The molecule has 1 amide bonds. The number of aliphatic hydroxyl groups is 1. The number of ketones is 1. The SMILES string of the molecule is COCCCN1C(=O)C(=O)/C(=C(\O)c2ccc(OCc3cccc(C)c3)cc2)C1c1ccc(C(C)(C)C)cc1. The van der Waals surface area contributed by atoms with Crippen molar-refractivity contribution in [1.29, 1.82) is 0 Å². The van der Waals surface area contributed by atoms with Gasteiger partial charge in [-0.15, -0.1) is 0 Å². The van der Waals surface area contributed by atoms with Crippen LogP contribution in [0.25, 0.3) is 5.76 Å². The van der Waals surface area contributed by atoms with E-state index in [0.717, 1.165) is 22.3 Å². The van der Waals surface area contributed by atoms with Gasteiger partial charge in [-0.25, -0.2) is 0 Å². The standard InChI is InChI=1S/C33H37NO5/c1-22-8-6-9-23(20-22)21-39-27-16-12-25(13-17-27)30(35)28-29(24-10-14-26(15-11-24)33(2,3)4)34(18-7-19-38-5)32(37)31(28)36/h6,8-17,20,29,35H,7,18-19,21H2,1-5H3/b30-28-. The van der Waals surface area contributed by atoms with E-state index < -0.39 is 17.7 Å². The largest absolute Gasteiger partial charge is 0.507 e. The number of hydrogen-bond donors (Lipinski definition) is 1. The third-order valence-electron chi connectivity index (χ3n) is 7.00. The van der Waals surface area contributed by atoms with Crippen molar-refractivity contribution in [2.45, 2.75) is 52.2 Å². The van der Waals surface area contributed by atoms with Crippen molar-refractivity contribution in [3.8, 4) is 5.75 Å². The molecule has 1 heterocycles. The number of benzene rings is 3. The lowest BCUT2D eigenvalue weighted by atomic mass is 9.85. The molecule has 0 aliphatic carbocycles. The van der Waals surface area contributed by atoms with Crippen molar-refractivity contribution in [2.75, 3.05) is 20.3 Å². The maximum Gasteiger partial charge on any atom is 0.295 e. The Kier molecular flexibility index (Phi) is 8.56. The van der Waals surface area contributed by atoms with Gasteiger partial charge in [0, 0.05) is 25.8 Å². The van der Waals surface area contributed by atoms with E-state index in [1.807, 2.05) is 49.4 Å². The predicted molar refractivity (Wildman–Crippen MR) is 153 cm³/mol. The molecule has 3 aromatic carbocycles. The molecule has 1 atom stereocenters. The van der Waals surface area contributed by atoms with E-state index >= 15 is 0 Å². The zero-order chi connectivity index (χ0) is 28.2. The summed E-state index contributed by atoms with van der Waals surface area (Å²) in [6, 6.07) is 22.3. The molecule has 6 nitrogen and oxygen atoms in total. The summed E-state index contributed by atoms with van der Waals surface area (Å²) < 4.78 is 11.1. The Hall–Kier alpha value is -3.90. The topological polar surface area (TPSA) is 76.1 Å². The number of nitrogens with zero attached hydrogens (tertiary/aromatic N) is 1. The molecule has 0 bridgehead atoms. The second kappa shape index (κ2) is 11.9. The fraction of sp³-hybridized carbons (Fsp3) is 0.333. The van der Waals surface area contributed by atoms with E-state index in [0.29, 0.717) is 37.5 Å². The van der Waals surface area contributed by atoms with Gasteiger partial charge in [0.05, 0.1) is 11.6 Å². The number of hydrogen-bond acceptors (Lipinski definition) is 5. The van der Waals surface area contributed by atoms with E-state index in [4.69, 9.17) is 9.47 Å². The number of ether oxygens (including phenoxy) is 2. The van der Waals surface area contributed by atoms with Crippen molar-refractivity contribution in [3.63, 3.8) is 0 Å². The molecule has 1 saturated heterocycles. The first-order valence-corrected chi connectivity index (χ1v) is 13.3. The summed E-state index contributed by atoms with van der Waals surface area (Å²) in [5, 5.41) is 11.4. The number of methoxy groups -OCH3 is 1. The molecule has 1 aliphatic heterocycles. The Morgan fingerprint density at radius 3 is 2.28 bits per heavy atom. The van der Waals surface area contributed by atoms with Crippen LogP contribution in [0.3, 0.4) is 0 Å². The smallest absolute Gasteiger partial charge is 0.295 e. The molecule has 3 aromatic rings. The van der Waals surface area contributed by atoms with Gasteiger partial charge in [0.2, 0.25) is 0 Å². The van der Waals surface area contributed by atoms with Gasteiger partial charge < -0.3 is 19.5 Å². The minimum Gasteiger partial charge on any atom is -0.507 e. The van der Waals surface area contributed by atoms with Crippen LogP contribution in [-0.2, 0) is 26.3 Å². The van der Waals surface area contributed by atoms with Gasteiger partial charge in [-0.2, -0.15) is 0 Å². The van der Waals surface area contributed by atoms with Gasteiger partial charge in [-0.05, 0) is 59.7 Å². The van der Waals surface area contributed by atoms with Crippen LogP contribution in [0.4, 0.5) is 0 Å². The molecule has 1 aliphatic rings. The van der Waals surface area contributed by atoms with Crippen LogP contribution in [0.5, 0.6) is 5.75 Å². The third-order valence-corrected chi connectivity index (χ3v) is 7.00. The van der Waals surface area contributed by atoms with Crippen molar-refractivity contribution in [3.05, 3.63) is 106 Å². The summed E-state index contributed by atoms with van der Waals surface area (Å²) in [5.41, 5.74) is 4.65. The molecule has 6 heteroatoms. The zero-order valence-electron chi connectivity index (χ0n) is 23.4. The highest BCUT2D eigenvalue weighted by Crippen LogP contribution is 2.40. The van der Waals surface area contributed by atoms with Crippen LogP contribution >= 0.6 is 0 Å². The molecule has 1 N–H and O–H groups in total. The van der Waals surface area contributed by atoms with Crippen molar-refractivity contribution in [2.24, 2.45) is 0 Å². The third kappa shape index (κ3) is 6.40. The van der Waals surface area contributed by atoms with Crippen LogP contribution < -0.4 is 4.74 Å². The van der Waals surface area contributed by atoms with Crippen molar-refractivity contribution < 1.29 is 24.2 Å². The Morgan fingerprint density at radius 1 is 0.974 bits per heavy atom. The van der Waals surface area contributed by atoms with Crippen LogP contribution in [0, 0.1) is 6.92 Å². The first-order chi connectivity index (χ1) is 18.6. The summed E-state index contributed by atoms with van der Waals surface area (Å²) in [6.45, 7) is 9.65. The molecule has 4 rings (SSSR count). The van der Waals surface area contributed by atoms with E-state index in [9.17, 15) is 14.7 Å². The quantitative estimate of drug-likeness (QED) is 0.152. The maximum atomic E-state index is 13.3. The highest BCUT2D eigenvalue weighted by molar-refractivity contribution is 6.46. The maximum absolute atomic E-state index is 13.3. The molecule has 1 unspecified atom stereocenters. The second-order valence-corrected chi connectivity index (χ2v) is 11.0. The van der Waals surface area contributed by atoms with Crippen LogP contribution in [0.2, 0.25) is 0 Å². The summed E-state index contributed by atoms with van der Waals surface area (Å²) in [4.78, 5) is 27.9. The lowest BCUT2D eigenvalue weighted by molar-refractivity contribution is -0.140. The summed E-state index contributed by atoms with van der Waals surface area (Å²) in [7, 11) is 1.60. The molecule has 1 fully saturated rings. The lowest BCUT2D eigenvalue weighted by Gasteiger charge is -2.26. The fourth-order valence-electron chi connectivity index (χ4n) is 4.83. The van der Waals surface area contributed by atoms with Crippen molar-refractivity contribution >= 4 is 17.4 Å². The molecule has 204 valence electrons. The predicted octanol–water partition coefficient (Wildman–Crippen LogP) is 6.33. The number of aryl methyl sites for hydroxylation is 1. The molecule has 0 aromatic heterocycles. The minimum atomic E-state index is -0.687. The first kappa shape index (κ1) is 28.1. The number of amides is 1. The molecule has 0 saturated carbocycles. The van der Waals surface area contributed by atoms with E-state index in [-0.39, 0.29) is 16.7 Å². The average Bonchev–Trinajstić information content (AvgIpc) is 3.16. The van der Waals surface area contributed by atoms with Crippen LogP contribution in [-0.4, -0.2) is 42.0 Å². The Labute approximate surface area is 230 Å². The van der Waals surface area contributed by atoms with E-state index in [1.165, 1.54) is 0 Å². The molecular formula is C33H37NO5. The summed E-state index contributed by atoms with van der Waals surface area (Å²) in [5.74, 6) is -0.856. The highest BCUT2D eigenvalue weighted by Gasteiger charge is 2.45. The molecule has 0 radical (unpaired) electrons. The average molecular weight is 528 g/mol. The Bertz CT molecular complexity index is 1350. The molecule has 0 spiro atoms. The van der Waals surface area contributed by atoms with Crippen molar-refractivity contribution in [1.82, 2.24) is 4.90 Å². The normalized spacial score (nSPS) is 17.1. The van der Waals surface area contributed by atoms with Gasteiger partial charge in [-0.1, -0.05) is 74.9 Å². The molecular weight excluding hydrogens is 490 g/mol. The Morgan fingerprint density at radius 2 is 1.67 bits per heavy atom. The number of Topliss-reactive ketones (excluding diaryl/α,β-unsaturated/α-hetero) is 1. The van der Waals surface area contributed by atoms with Gasteiger partial charge in [0.15, 0.2) is 0 Å². The minimum absolute atomic E-state index is 0.0397. The number of rotatable bonds is 9. The van der Waals surface area contributed by atoms with E-state index in [1.54, 1.807) is 36.3 Å². The fourth-order valence-corrected chi connectivity index (χ4v) is 4.83. The Balaban J connectivity index is 1.65. The van der Waals surface area contributed by atoms with Gasteiger partial charge in [-0.3, -0.25) is 9.59 Å². The number of carbonyl (C=O) groups excluding carboxylic acids is 2. The highest BCUT2D eigenvalue weighted by atomic mass is 16.5. The van der Waals surface area contributed by atoms with E-state index in [2.05, 4.69) is 26.8 Å². The number of carbonyl (C=O) groups is 2. The molecule has 39 heavy (non-hydrogen) atoms. The lowest BCUT2D eigenvalue weighted by Crippen LogP contribution is -2.31. The summed E-state index contributed by atoms with van der Waals surface area (Å²) in [6.07, 6.45) is 0.576. The zero-order valence-corrected chi connectivity index (χ0v) is 23.4. The van der Waals surface area contributed by atoms with Gasteiger partial charge in [0.25, 0.3) is 11.7 Å². The van der Waals surface area contributed by atoms with Crippen LogP contribution in [0.1, 0.15) is 61.1 Å².